The van der Waals surface area contributed by atoms with E-state index < -0.39 is 0 Å². The van der Waals surface area contributed by atoms with Crippen LogP contribution in [-0.4, -0.2) is 20.2 Å². The van der Waals surface area contributed by atoms with Crippen LogP contribution in [0.1, 0.15) is 0 Å². The summed E-state index contributed by atoms with van der Waals surface area (Å²) in [5.41, 5.74) is 14.0. The molecule has 0 radical (unpaired) electrons. The fraction of sp³-hybridized carbons (Fsp3) is 0. The summed E-state index contributed by atoms with van der Waals surface area (Å²) in [7, 11) is 0. The lowest BCUT2D eigenvalue weighted by Gasteiger charge is -2.03. The number of hydrogen-bond acceptors (Lipinski definition) is 6. The number of anilines is 2. The van der Waals surface area contributed by atoms with Gasteiger partial charge in [-0.25, -0.2) is 9.97 Å². The van der Waals surface area contributed by atoms with Crippen LogP contribution in [0.25, 0.3) is 22.8 Å². The molecule has 6 nitrogen and oxygen atoms in total. The van der Waals surface area contributed by atoms with Gasteiger partial charge in [0.25, 0.3) is 0 Å². The third-order valence-electron chi connectivity index (χ3n) is 2.73. The summed E-state index contributed by atoms with van der Waals surface area (Å²) < 4.78 is 0. The topological polar surface area (TPSA) is 104 Å². The van der Waals surface area contributed by atoms with Gasteiger partial charge in [-0.15, -0.1) is 10.2 Å². The Hall–Kier alpha value is -3.02. The fourth-order valence-electron chi connectivity index (χ4n) is 1.79. The first-order valence-electron chi connectivity index (χ1n) is 6.02. The Bertz CT molecular complexity index is 674. The SMILES string of the molecule is Nc1cccc(-c2ccc(-c3cccc(N)n3)nn2)n1. The van der Waals surface area contributed by atoms with E-state index >= 15 is 0 Å². The number of aromatic nitrogens is 4. The maximum absolute atomic E-state index is 5.65. The van der Waals surface area contributed by atoms with Crippen molar-refractivity contribution >= 4 is 11.6 Å². The van der Waals surface area contributed by atoms with Crippen LogP contribution in [0.2, 0.25) is 0 Å². The molecular weight excluding hydrogens is 252 g/mol. The number of hydrogen-bond donors (Lipinski definition) is 2. The van der Waals surface area contributed by atoms with E-state index in [9.17, 15) is 0 Å². The average Bonchev–Trinajstić information content (AvgIpc) is 2.47. The Morgan fingerprint density at radius 2 is 1.00 bits per heavy atom. The second-order valence-corrected chi connectivity index (χ2v) is 4.20. The highest BCUT2D eigenvalue weighted by atomic mass is 15.1. The quantitative estimate of drug-likeness (QED) is 0.731. The summed E-state index contributed by atoms with van der Waals surface area (Å²) in [6.45, 7) is 0. The highest BCUT2D eigenvalue weighted by Gasteiger charge is 2.05. The zero-order chi connectivity index (χ0) is 13.9. The third kappa shape index (κ3) is 2.39. The summed E-state index contributed by atoms with van der Waals surface area (Å²) in [6, 6.07) is 14.4. The molecule has 0 amide bonds. The number of pyridine rings is 2. The standard InChI is InChI=1S/C14H12N6/c15-13-5-1-3-9(17-13)11-7-8-12(20-19-11)10-4-2-6-14(16)18-10/h1-8H,(H2,15,17)(H2,16,18). The van der Waals surface area contributed by atoms with Gasteiger partial charge < -0.3 is 11.5 Å². The summed E-state index contributed by atoms with van der Waals surface area (Å²) in [5.74, 6) is 0.900. The largest absolute Gasteiger partial charge is 0.384 e. The first-order valence-corrected chi connectivity index (χ1v) is 6.02. The van der Waals surface area contributed by atoms with Crippen LogP contribution in [0.15, 0.2) is 48.5 Å². The highest BCUT2D eigenvalue weighted by molar-refractivity contribution is 5.60. The van der Waals surface area contributed by atoms with Gasteiger partial charge in [0.15, 0.2) is 0 Å². The van der Waals surface area contributed by atoms with Crippen molar-refractivity contribution in [3.8, 4) is 22.8 Å². The third-order valence-corrected chi connectivity index (χ3v) is 2.73. The van der Waals surface area contributed by atoms with Gasteiger partial charge in [0.05, 0.1) is 11.4 Å². The molecule has 20 heavy (non-hydrogen) atoms. The lowest BCUT2D eigenvalue weighted by atomic mass is 10.2. The normalized spacial score (nSPS) is 10.4. The second kappa shape index (κ2) is 4.93. The predicted molar refractivity (Wildman–Crippen MR) is 77.3 cm³/mol. The average molecular weight is 264 g/mol. The predicted octanol–water partition coefficient (Wildman–Crippen LogP) is 1.76. The molecule has 0 atom stereocenters. The molecule has 0 saturated heterocycles. The molecule has 0 spiro atoms. The minimum Gasteiger partial charge on any atom is -0.384 e. The van der Waals surface area contributed by atoms with Gasteiger partial charge in [0.1, 0.15) is 23.0 Å². The molecule has 0 fully saturated rings. The van der Waals surface area contributed by atoms with Crippen LogP contribution in [0, 0.1) is 0 Å². The minimum atomic E-state index is 0.450. The van der Waals surface area contributed by atoms with Crippen LogP contribution >= 0.6 is 0 Å². The van der Waals surface area contributed by atoms with Crippen molar-refractivity contribution in [3.63, 3.8) is 0 Å². The first kappa shape index (κ1) is 12.0. The molecule has 3 aromatic heterocycles. The molecule has 4 N–H and O–H groups in total. The van der Waals surface area contributed by atoms with Gasteiger partial charge in [-0.2, -0.15) is 0 Å². The molecule has 0 aliphatic heterocycles. The van der Waals surface area contributed by atoms with Gasteiger partial charge in [-0.1, -0.05) is 12.1 Å². The van der Waals surface area contributed by atoms with E-state index in [1.807, 2.05) is 36.4 Å². The van der Waals surface area contributed by atoms with Gasteiger partial charge >= 0.3 is 0 Å². The Kier molecular flexibility index (Phi) is 2.96. The van der Waals surface area contributed by atoms with Gasteiger partial charge in [0.2, 0.25) is 0 Å². The maximum Gasteiger partial charge on any atom is 0.124 e. The van der Waals surface area contributed by atoms with Crippen molar-refractivity contribution in [1.82, 2.24) is 20.2 Å². The van der Waals surface area contributed by atoms with Crippen molar-refractivity contribution in [2.45, 2.75) is 0 Å². The maximum atomic E-state index is 5.65. The molecule has 0 aliphatic rings. The summed E-state index contributed by atoms with van der Waals surface area (Å²) in [6.07, 6.45) is 0. The second-order valence-electron chi connectivity index (χ2n) is 4.20. The fourth-order valence-corrected chi connectivity index (χ4v) is 1.79. The van der Waals surface area contributed by atoms with E-state index in [0.717, 1.165) is 0 Å². The molecular formula is C14H12N6. The summed E-state index contributed by atoms with van der Waals surface area (Å²) in [5, 5.41) is 8.29. The zero-order valence-electron chi connectivity index (χ0n) is 10.6. The molecule has 0 bridgehead atoms. The molecule has 0 saturated carbocycles. The van der Waals surface area contributed by atoms with Crippen LogP contribution in [0.3, 0.4) is 0 Å². The Balaban J connectivity index is 1.96. The van der Waals surface area contributed by atoms with E-state index in [-0.39, 0.29) is 0 Å². The molecule has 0 unspecified atom stereocenters. The van der Waals surface area contributed by atoms with E-state index in [1.54, 1.807) is 12.1 Å². The number of nitrogens with zero attached hydrogens (tertiary/aromatic N) is 4. The minimum absolute atomic E-state index is 0.450. The highest BCUT2D eigenvalue weighted by Crippen LogP contribution is 2.19. The van der Waals surface area contributed by atoms with Crippen molar-refractivity contribution in [3.05, 3.63) is 48.5 Å². The van der Waals surface area contributed by atoms with Crippen LogP contribution in [0.5, 0.6) is 0 Å². The number of nitrogen functional groups attached to an aromatic ring is 2. The molecule has 98 valence electrons. The molecule has 6 heteroatoms. The number of nitrogens with two attached hydrogens (primary N) is 2. The van der Waals surface area contributed by atoms with E-state index in [4.69, 9.17) is 11.5 Å². The molecule has 3 rings (SSSR count). The van der Waals surface area contributed by atoms with Crippen molar-refractivity contribution in [2.75, 3.05) is 11.5 Å². The Morgan fingerprint density at radius 1 is 0.550 bits per heavy atom. The smallest absolute Gasteiger partial charge is 0.124 e. The number of rotatable bonds is 2. The van der Waals surface area contributed by atoms with E-state index in [1.165, 1.54) is 0 Å². The van der Waals surface area contributed by atoms with Crippen LogP contribution < -0.4 is 11.5 Å². The van der Waals surface area contributed by atoms with Crippen LogP contribution in [0.4, 0.5) is 11.6 Å². The van der Waals surface area contributed by atoms with Gasteiger partial charge in [-0.05, 0) is 36.4 Å². The Morgan fingerprint density at radius 3 is 1.35 bits per heavy atom. The van der Waals surface area contributed by atoms with Crippen LogP contribution in [-0.2, 0) is 0 Å². The molecule has 0 aromatic carbocycles. The van der Waals surface area contributed by atoms with E-state index in [0.29, 0.717) is 34.4 Å². The summed E-state index contributed by atoms with van der Waals surface area (Å²) >= 11 is 0. The first-order chi connectivity index (χ1) is 9.72. The summed E-state index contributed by atoms with van der Waals surface area (Å²) in [4.78, 5) is 8.40. The van der Waals surface area contributed by atoms with Gasteiger partial charge in [0, 0.05) is 0 Å². The van der Waals surface area contributed by atoms with Crippen molar-refractivity contribution in [1.29, 1.82) is 0 Å². The van der Waals surface area contributed by atoms with Crippen molar-refractivity contribution in [2.24, 2.45) is 0 Å². The van der Waals surface area contributed by atoms with Gasteiger partial charge in [-0.3, -0.25) is 0 Å². The lowest BCUT2D eigenvalue weighted by molar-refractivity contribution is 1.03. The zero-order valence-corrected chi connectivity index (χ0v) is 10.6. The molecule has 0 aliphatic carbocycles. The van der Waals surface area contributed by atoms with E-state index in [2.05, 4.69) is 20.2 Å². The lowest BCUT2D eigenvalue weighted by Crippen LogP contribution is -1.97. The molecule has 3 aromatic rings. The monoisotopic (exact) mass is 264 g/mol. The Labute approximate surface area is 115 Å². The molecule has 3 heterocycles. The van der Waals surface area contributed by atoms with Crippen molar-refractivity contribution < 1.29 is 0 Å².